The van der Waals surface area contributed by atoms with Crippen LogP contribution in [0.25, 0.3) is 11.3 Å². The quantitative estimate of drug-likeness (QED) is 0.363. The Kier molecular flexibility index (Phi) is 5.55. The minimum Gasteiger partial charge on any atom is -0.492 e. The fraction of sp³-hybridized carbons (Fsp3) is 0.269. The number of ether oxygens (including phenoxy) is 2. The van der Waals surface area contributed by atoms with Crippen LogP contribution >= 0.6 is 0 Å². The Bertz CT molecular complexity index is 1450. The number of amides is 1. The number of imidazole rings is 1. The highest BCUT2D eigenvalue weighted by atomic mass is 19.1. The number of pyridine rings is 1. The van der Waals surface area contributed by atoms with Crippen LogP contribution in [0.5, 0.6) is 11.5 Å². The van der Waals surface area contributed by atoms with Crippen LogP contribution < -0.4 is 20.1 Å². The van der Waals surface area contributed by atoms with Gasteiger partial charge in [0.1, 0.15) is 11.6 Å². The number of aromatic nitrogens is 4. The molecular formula is C26H25FN6O3. The Morgan fingerprint density at radius 2 is 2.19 bits per heavy atom. The fourth-order valence-electron chi connectivity index (χ4n) is 5.00. The van der Waals surface area contributed by atoms with E-state index < -0.39 is 5.82 Å². The van der Waals surface area contributed by atoms with E-state index in [0.717, 1.165) is 30.0 Å². The highest BCUT2D eigenvalue weighted by Gasteiger charge is 2.30. The van der Waals surface area contributed by atoms with Crippen molar-refractivity contribution in [3.05, 3.63) is 72.0 Å². The fourth-order valence-corrected chi connectivity index (χ4v) is 5.00. The highest BCUT2D eigenvalue weighted by molar-refractivity contribution is 6.06. The van der Waals surface area contributed by atoms with Gasteiger partial charge in [-0.15, -0.1) is 0 Å². The van der Waals surface area contributed by atoms with Crippen LogP contribution in [0, 0.1) is 5.82 Å². The van der Waals surface area contributed by atoms with Gasteiger partial charge >= 0.3 is 0 Å². The first-order chi connectivity index (χ1) is 17.6. The van der Waals surface area contributed by atoms with E-state index in [9.17, 15) is 9.18 Å². The molecular weight excluding hydrogens is 463 g/mol. The van der Waals surface area contributed by atoms with Crippen LogP contribution in [-0.4, -0.2) is 45.7 Å². The molecule has 0 spiro atoms. The maximum Gasteiger partial charge on any atom is 0.255 e. The zero-order valence-electron chi connectivity index (χ0n) is 19.7. The van der Waals surface area contributed by atoms with Crippen molar-refractivity contribution in [1.29, 1.82) is 0 Å². The number of nitrogens with zero attached hydrogens (tertiary/aromatic N) is 3. The van der Waals surface area contributed by atoms with E-state index >= 15 is 0 Å². The van der Waals surface area contributed by atoms with Crippen molar-refractivity contribution in [2.75, 3.05) is 25.6 Å². The third kappa shape index (κ3) is 3.74. The number of hydrogen-bond donors (Lipinski definition) is 3. The van der Waals surface area contributed by atoms with Gasteiger partial charge in [-0.2, -0.15) is 0 Å². The number of benzene rings is 1. The van der Waals surface area contributed by atoms with Gasteiger partial charge in [-0.3, -0.25) is 9.78 Å². The molecule has 0 saturated carbocycles. The van der Waals surface area contributed by atoms with Crippen LogP contribution in [-0.2, 0) is 13.0 Å². The number of anilines is 2. The van der Waals surface area contributed by atoms with E-state index in [1.54, 1.807) is 24.5 Å². The number of carbonyl (C=O) groups excluding carboxylic acids is 1. The van der Waals surface area contributed by atoms with Crippen LogP contribution in [0.15, 0.2) is 49.1 Å². The summed E-state index contributed by atoms with van der Waals surface area (Å²) in [6, 6.07) is 6.46. The molecule has 9 nitrogen and oxygen atoms in total. The Balaban J connectivity index is 1.39. The molecule has 0 saturated heterocycles. The van der Waals surface area contributed by atoms with E-state index in [1.165, 1.54) is 13.2 Å². The molecule has 1 atom stereocenters. The van der Waals surface area contributed by atoms with Crippen molar-refractivity contribution in [3.8, 4) is 22.8 Å². The molecule has 2 aliphatic heterocycles. The van der Waals surface area contributed by atoms with Gasteiger partial charge in [0.15, 0.2) is 11.6 Å². The number of aryl methyl sites for hydroxylation is 1. The first-order valence-electron chi connectivity index (χ1n) is 11.8. The number of halogens is 1. The zero-order chi connectivity index (χ0) is 24.6. The molecule has 4 aromatic rings. The number of rotatable bonds is 7. The summed E-state index contributed by atoms with van der Waals surface area (Å²) in [6.45, 7) is 1.91. The standard InChI is InChI=1S/C26H25FN6O3/c1-35-24-17(27)3-2-4-19(24)32-23-21-18(6-9-30-26(21)34)31-22(23)16-5-8-28-13-20(16)36-14-15-7-11-33-12-10-29-25(15)33/h2-5,8,10,12-13,15,31-32H,6-7,9,11,14H2,1H3,(H,30,34). The molecule has 1 unspecified atom stereocenters. The third-order valence-corrected chi connectivity index (χ3v) is 6.72. The molecule has 0 bridgehead atoms. The van der Waals surface area contributed by atoms with Crippen molar-refractivity contribution >= 4 is 17.3 Å². The number of fused-ring (bicyclic) bond motifs is 2. The maximum absolute atomic E-state index is 14.4. The predicted octanol–water partition coefficient (Wildman–Crippen LogP) is 4.02. The summed E-state index contributed by atoms with van der Waals surface area (Å²) >= 11 is 0. The molecule has 3 N–H and O–H groups in total. The molecule has 3 aromatic heterocycles. The largest absolute Gasteiger partial charge is 0.492 e. The number of nitrogens with one attached hydrogen (secondary N) is 3. The number of H-pyrrole nitrogens is 1. The number of aromatic amines is 1. The van der Waals surface area contributed by atoms with Gasteiger partial charge in [0, 0.05) is 49.4 Å². The highest BCUT2D eigenvalue weighted by Crippen LogP contribution is 2.42. The first kappa shape index (κ1) is 22.1. The summed E-state index contributed by atoms with van der Waals surface area (Å²) in [5.74, 6) is 1.15. The molecule has 5 heterocycles. The summed E-state index contributed by atoms with van der Waals surface area (Å²) in [7, 11) is 1.41. The van der Waals surface area contributed by atoms with Crippen LogP contribution in [0.3, 0.4) is 0 Å². The third-order valence-electron chi connectivity index (χ3n) is 6.72. The summed E-state index contributed by atoms with van der Waals surface area (Å²) in [6.07, 6.45) is 8.74. The SMILES string of the molecule is COc1c(F)cccc1Nc1c(-c2ccncc2OCC2CCn3ccnc32)[nH]c2c1C(=O)NCC2. The second-order valence-corrected chi connectivity index (χ2v) is 8.83. The van der Waals surface area contributed by atoms with Crippen LogP contribution in [0.4, 0.5) is 15.8 Å². The molecule has 6 rings (SSSR count). The normalized spacial score (nSPS) is 16.3. The Labute approximate surface area is 206 Å². The summed E-state index contributed by atoms with van der Waals surface area (Å²) in [5, 5.41) is 6.15. The second-order valence-electron chi connectivity index (χ2n) is 8.83. The lowest BCUT2D eigenvalue weighted by atomic mass is 10.0. The van der Waals surface area contributed by atoms with Gasteiger partial charge in [0.05, 0.1) is 48.5 Å². The van der Waals surface area contributed by atoms with E-state index in [4.69, 9.17) is 9.47 Å². The average Bonchev–Trinajstić information content (AvgIpc) is 3.59. The van der Waals surface area contributed by atoms with Crippen molar-refractivity contribution in [3.63, 3.8) is 0 Å². The lowest BCUT2D eigenvalue weighted by Crippen LogP contribution is -2.31. The van der Waals surface area contributed by atoms with Gasteiger partial charge in [-0.1, -0.05) is 6.07 Å². The Morgan fingerprint density at radius 1 is 1.28 bits per heavy atom. The number of carbonyl (C=O) groups is 1. The van der Waals surface area contributed by atoms with Crippen molar-refractivity contribution in [1.82, 2.24) is 24.8 Å². The van der Waals surface area contributed by atoms with Crippen LogP contribution in [0.1, 0.15) is 34.2 Å². The van der Waals surface area contributed by atoms with Gasteiger partial charge in [-0.05, 0) is 24.6 Å². The molecule has 0 aliphatic carbocycles. The smallest absolute Gasteiger partial charge is 0.255 e. The minimum absolute atomic E-state index is 0.0672. The van der Waals surface area contributed by atoms with Crippen LogP contribution in [0.2, 0.25) is 0 Å². The Morgan fingerprint density at radius 3 is 3.08 bits per heavy atom. The molecule has 1 amide bonds. The lowest BCUT2D eigenvalue weighted by Gasteiger charge is -2.17. The summed E-state index contributed by atoms with van der Waals surface area (Å²) in [5.41, 5.74) is 3.63. The second kappa shape index (κ2) is 9.03. The van der Waals surface area contributed by atoms with Gasteiger partial charge in [0.2, 0.25) is 0 Å². The molecule has 36 heavy (non-hydrogen) atoms. The van der Waals surface area contributed by atoms with E-state index in [1.807, 2.05) is 18.5 Å². The van der Waals surface area contributed by atoms with Crippen molar-refractivity contribution in [2.45, 2.75) is 25.3 Å². The first-order valence-corrected chi connectivity index (χ1v) is 11.8. The lowest BCUT2D eigenvalue weighted by molar-refractivity contribution is 0.0947. The molecule has 0 fully saturated rings. The molecule has 1 aromatic carbocycles. The summed E-state index contributed by atoms with van der Waals surface area (Å²) < 4.78 is 28.1. The minimum atomic E-state index is -0.499. The molecule has 2 aliphatic rings. The topological polar surface area (TPSA) is 106 Å². The molecule has 184 valence electrons. The maximum atomic E-state index is 14.4. The monoisotopic (exact) mass is 488 g/mol. The summed E-state index contributed by atoms with van der Waals surface area (Å²) in [4.78, 5) is 25.1. The Hall–Kier alpha value is -4.34. The van der Waals surface area contributed by atoms with E-state index in [0.29, 0.717) is 48.0 Å². The number of para-hydroxylation sites is 1. The van der Waals surface area contributed by atoms with Gasteiger partial charge in [-0.25, -0.2) is 9.37 Å². The number of hydrogen-bond acceptors (Lipinski definition) is 6. The molecule has 10 heteroatoms. The van der Waals surface area contributed by atoms with E-state index in [-0.39, 0.29) is 17.6 Å². The zero-order valence-corrected chi connectivity index (χ0v) is 19.7. The van der Waals surface area contributed by atoms with E-state index in [2.05, 4.69) is 30.2 Å². The van der Waals surface area contributed by atoms with Gasteiger partial charge < -0.3 is 29.7 Å². The van der Waals surface area contributed by atoms with Gasteiger partial charge in [0.25, 0.3) is 5.91 Å². The predicted molar refractivity (Wildman–Crippen MR) is 131 cm³/mol. The molecule has 0 radical (unpaired) electrons. The average molecular weight is 489 g/mol. The van der Waals surface area contributed by atoms with Crippen molar-refractivity contribution < 1.29 is 18.7 Å². The number of methoxy groups -OCH3 is 1. The van der Waals surface area contributed by atoms with Crippen molar-refractivity contribution in [2.24, 2.45) is 0 Å².